The van der Waals surface area contributed by atoms with Crippen LogP contribution in [0.4, 0.5) is 4.79 Å². The SMILES string of the molecule is CC1CC2=C(Cc3ccccc32)C(c2ccc(OC3CN(C(=O)OC(C)(C)C)C3)cc2)N1C12CC(CO)(C1)C2. The summed E-state index contributed by atoms with van der Waals surface area (Å²) in [5.74, 6) is 0.844. The summed E-state index contributed by atoms with van der Waals surface area (Å²) < 4.78 is 11.7. The zero-order chi connectivity index (χ0) is 27.2. The quantitative estimate of drug-likeness (QED) is 0.536. The Hall–Kier alpha value is -2.83. The van der Waals surface area contributed by atoms with Gasteiger partial charge in [-0.1, -0.05) is 36.4 Å². The van der Waals surface area contributed by atoms with Crippen molar-refractivity contribution in [2.75, 3.05) is 19.7 Å². The third-order valence-electron chi connectivity index (χ3n) is 9.69. The van der Waals surface area contributed by atoms with Crippen LogP contribution in [0.3, 0.4) is 0 Å². The highest BCUT2D eigenvalue weighted by atomic mass is 16.6. The Bertz CT molecular complexity index is 1310. The van der Waals surface area contributed by atoms with Gasteiger partial charge >= 0.3 is 6.09 Å². The van der Waals surface area contributed by atoms with Crippen molar-refractivity contribution in [3.63, 3.8) is 0 Å². The lowest BCUT2D eigenvalue weighted by Gasteiger charge is -2.76. The topological polar surface area (TPSA) is 62.2 Å². The van der Waals surface area contributed by atoms with E-state index in [1.54, 1.807) is 16.0 Å². The van der Waals surface area contributed by atoms with Gasteiger partial charge in [0.05, 0.1) is 19.1 Å². The van der Waals surface area contributed by atoms with Gasteiger partial charge in [0.25, 0.3) is 0 Å². The molecule has 2 aliphatic heterocycles. The van der Waals surface area contributed by atoms with Crippen molar-refractivity contribution in [3.8, 4) is 5.75 Å². The van der Waals surface area contributed by atoms with Gasteiger partial charge in [0.2, 0.25) is 0 Å². The summed E-state index contributed by atoms with van der Waals surface area (Å²) in [6, 6.07) is 18.3. The molecular weight excluding hydrogens is 488 g/mol. The summed E-state index contributed by atoms with van der Waals surface area (Å²) in [4.78, 5) is 16.8. The van der Waals surface area contributed by atoms with E-state index in [0.29, 0.717) is 25.7 Å². The number of hydrogen-bond donors (Lipinski definition) is 1. The van der Waals surface area contributed by atoms with Crippen LogP contribution >= 0.6 is 0 Å². The zero-order valence-electron chi connectivity index (χ0n) is 23.6. The Morgan fingerprint density at radius 1 is 1.05 bits per heavy atom. The third-order valence-corrected chi connectivity index (χ3v) is 9.69. The molecule has 6 heteroatoms. The first-order valence-corrected chi connectivity index (χ1v) is 14.5. The summed E-state index contributed by atoms with van der Waals surface area (Å²) in [5, 5.41) is 9.97. The number of nitrogens with zero attached hydrogens (tertiary/aromatic N) is 2. The highest BCUT2D eigenvalue weighted by molar-refractivity contribution is 5.79. The molecule has 0 spiro atoms. The van der Waals surface area contributed by atoms with Crippen LogP contribution < -0.4 is 4.74 Å². The van der Waals surface area contributed by atoms with Crippen LogP contribution in [-0.4, -0.2) is 64.0 Å². The van der Waals surface area contributed by atoms with Gasteiger partial charge in [-0.05, 0) is 105 Å². The van der Waals surface area contributed by atoms with Crippen LogP contribution in [0, 0.1) is 5.41 Å². The van der Waals surface area contributed by atoms with Crippen LogP contribution in [0.15, 0.2) is 54.1 Å². The molecule has 1 saturated heterocycles. The van der Waals surface area contributed by atoms with Crippen molar-refractivity contribution < 1.29 is 19.4 Å². The number of hydrogen-bond acceptors (Lipinski definition) is 5. The third kappa shape index (κ3) is 4.02. The molecule has 6 nitrogen and oxygen atoms in total. The number of carbonyl (C=O) groups excluding carboxylic acids is 1. The average Bonchev–Trinajstić information content (AvgIpc) is 3.17. The van der Waals surface area contributed by atoms with E-state index in [1.165, 1.54) is 16.7 Å². The van der Waals surface area contributed by atoms with E-state index in [0.717, 1.165) is 37.9 Å². The molecule has 1 N–H and O–H groups in total. The first kappa shape index (κ1) is 25.2. The number of rotatable bonds is 5. The van der Waals surface area contributed by atoms with Crippen molar-refractivity contribution in [1.29, 1.82) is 0 Å². The van der Waals surface area contributed by atoms with Crippen molar-refractivity contribution in [1.82, 2.24) is 9.80 Å². The smallest absolute Gasteiger partial charge is 0.410 e. The summed E-state index contributed by atoms with van der Waals surface area (Å²) >= 11 is 0. The molecule has 0 radical (unpaired) electrons. The lowest BCUT2D eigenvalue weighted by atomic mass is 9.38. The van der Waals surface area contributed by atoms with Crippen LogP contribution in [0.1, 0.15) is 76.1 Å². The largest absolute Gasteiger partial charge is 0.487 e. The molecule has 1 amide bonds. The molecule has 4 aliphatic carbocycles. The summed E-state index contributed by atoms with van der Waals surface area (Å²) in [6.07, 6.45) is 5.17. The first-order chi connectivity index (χ1) is 18.6. The molecule has 2 unspecified atom stereocenters. The van der Waals surface area contributed by atoms with Gasteiger partial charge in [-0.15, -0.1) is 0 Å². The Kier molecular flexibility index (Phi) is 5.54. The minimum absolute atomic E-state index is 0.0105. The van der Waals surface area contributed by atoms with Crippen LogP contribution in [-0.2, 0) is 11.2 Å². The predicted molar refractivity (Wildman–Crippen MR) is 150 cm³/mol. The van der Waals surface area contributed by atoms with Crippen molar-refractivity contribution in [2.24, 2.45) is 5.41 Å². The maximum Gasteiger partial charge on any atom is 0.410 e. The minimum atomic E-state index is -0.489. The first-order valence-electron chi connectivity index (χ1n) is 14.5. The summed E-state index contributed by atoms with van der Waals surface area (Å²) in [7, 11) is 0. The molecule has 2 heterocycles. The van der Waals surface area contributed by atoms with Gasteiger partial charge < -0.3 is 19.5 Å². The highest BCUT2D eigenvalue weighted by Gasteiger charge is 2.71. The number of ether oxygens (including phenoxy) is 2. The van der Waals surface area contributed by atoms with Crippen LogP contribution in [0.2, 0.25) is 0 Å². The second-order valence-electron chi connectivity index (χ2n) is 13.8. The number of amides is 1. The van der Waals surface area contributed by atoms with Gasteiger partial charge in [-0.25, -0.2) is 4.79 Å². The Morgan fingerprint density at radius 2 is 1.74 bits per heavy atom. The molecule has 2 aromatic carbocycles. The lowest BCUT2D eigenvalue weighted by Crippen LogP contribution is -2.77. The van der Waals surface area contributed by atoms with Crippen molar-refractivity contribution >= 4 is 11.7 Å². The molecule has 4 fully saturated rings. The molecule has 2 atom stereocenters. The normalized spacial score (nSPS) is 31.6. The molecule has 2 aromatic rings. The minimum Gasteiger partial charge on any atom is -0.487 e. The molecule has 2 bridgehead atoms. The van der Waals surface area contributed by atoms with E-state index in [4.69, 9.17) is 9.47 Å². The number of likely N-dealkylation sites (tertiary alicyclic amines) is 1. The molecule has 8 rings (SSSR count). The van der Waals surface area contributed by atoms with Crippen molar-refractivity contribution in [2.45, 2.75) is 89.1 Å². The van der Waals surface area contributed by atoms with E-state index in [-0.39, 0.29) is 29.2 Å². The fourth-order valence-electron chi connectivity index (χ4n) is 8.17. The van der Waals surface area contributed by atoms with E-state index in [1.807, 2.05) is 20.8 Å². The van der Waals surface area contributed by atoms with Crippen LogP contribution in [0.5, 0.6) is 5.75 Å². The summed E-state index contributed by atoms with van der Waals surface area (Å²) in [5.41, 5.74) is 7.20. The van der Waals surface area contributed by atoms with Gasteiger partial charge in [0.1, 0.15) is 17.5 Å². The number of benzene rings is 2. The van der Waals surface area contributed by atoms with E-state index >= 15 is 0 Å². The second-order valence-corrected chi connectivity index (χ2v) is 13.8. The molecule has 3 saturated carbocycles. The maximum absolute atomic E-state index is 12.3. The molecule has 39 heavy (non-hydrogen) atoms. The standard InChI is InChI=1S/C33H40N2O4/c1-21-13-27-26-8-6-5-7-23(26)14-28(27)29(35(21)33-17-32(18-33,19-33)20-36)22-9-11-24(12-10-22)38-25-15-34(16-25)30(37)39-31(2,3)4/h5-12,21,25,29,36H,13-20H2,1-4H3. The van der Waals surface area contributed by atoms with Crippen LogP contribution in [0.25, 0.3) is 5.57 Å². The van der Waals surface area contributed by atoms with E-state index in [9.17, 15) is 9.90 Å². The maximum atomic E-state index is 12.3. The molecular formula is C33H40N2O4. The number of carbonyl (C=O) groups is 1. The molecule has 6 aliphatic rings. The molecule has 206 valence electrons. The van der Waals surface area contributed by atoms with Crippen molar-refractivity contribution in [3.05, 3.63) is 70.8 Å². The van der Waals surface area contributed by atoms with Gasteiger partial charge in [-0.2, -0.15) is 0 Å². The number of aliphatic hydroxyl groups excluding tert-OH is 1. The second kappa shape index (κ2) is 8.58. The fourth-order valence-corrected chi connectivity index (χ4v) is 8.17. The zero-order valence-corrected chi connectivity index (χ0v) is 23.6. The number of aliphatic hydroxyl groups is 1. The average molecular weight is 529 g/mol. The Balaban J connectivity index is 1.11. The van der Waals surface area contributed by atoms with Gasteiger partial charge in [-0.3, -0.25) is 4.90 Å². The monoisotopic (exact) mass is 528 g/mol. The summed E-state index contributed by atoms with van der Waals surface area (Å²) in [6.45, 7) is 9.47. The van der Waals surface area contributed by atoms with Gasteiger partial charge in [0.15, 0.2) is 0 Å². The molecule has 0 aromatic heterocycles. The van der Waals surface area contributed by atoms with E-state index < -0.39 is 5.60 Å². The van der Waals surface area contributed by atoms with Gasteiger partial charge in [0, 0.05) is 18.2 Å². The lowest BCUT2D eigenvalue weighted by molar-refractivity contribution is -0.253. The number of fused-ring (bicyclic) bond motifs is 2. The predicted octanol–water partition coefficient (Wildman–Crippen LogP) is 5.74. The van der Waals surface area contributed by atoms with E-state index in [2.05, 4.69) is 60.4 Å². The fraction of sp³-hybridized carbons (Fsp3) is 0.545. The Labute approximate surface area is 231 Å². The Morgan fingerprint density at radius 3 is 2.41 bits per heavy atom. The highest BCUT2D eigenvalue weighted by Crippen LogP contribution is 2.72.